The van der Waals surface area contributed by atoms with E-state index in [2.05, 4.69) is 0 Å². The standard InChI is InChI=1S/C13H11NO4/c15-7-10(16)13(5-6-13)14-11(17)8-3-1-2-4-9(8)12(14)18/h1-4,15H,5-7H2. The van der Waals surface area contributed by atoms with Crippen LogP contribution in [0.1, 0.15) is 33.6 Å². The topological polar surface area (TPSA) is 74.7 Å². The molecule has 2 amide bonds. The van der Waals surface area contributed by atoms with E-state index in [0.29, 0.717) is 24.0 Å². The lowest BCUT2D eigenvalue weighted by molar-refractivity contribution is -0.126. The van der Waals surface area contributed by atoms with Gasteiger partial charge in [-0.15, -0.1) is 0 Å². The number of aliphatic hydroxyl groups excluding tert-OH is 1. The number of carbonyl (C=O) groups excluding carboxylic acids is 3. The molecule has 18 heavy (non-hydrogen) atoms. The number of hydrogen-bond acceptors (Lipinski definition) is 4. The van der Waals surface area contributed by atoms with Crippen LogP contribution >= 0.6 is 0 Å². The van der Waals surface area contributed by atoms with Crippen molar-refractivity contribution in [2.75, 3.05) is 6.61 Å². The van der Waals surface area contributed by atoms with E-state index < -0.39 is 29.7 Å². The van der Waals surface area contributed by atoms with Gasteiger partial charge in [0.05, 0.1) is 11.1 Å². The van der Waals surface area contributed by atoms with Crippen LogP contribution in [-0.4, -0.2) is 39.7 Å². The fourth-order valence-electron chi connectivity index (χ4n) is 2.47. The average Bonchev–Trinajstić information content (AvgIpc) is 3.14. The highest BCUT2D eigenvalue weighted by atomic mass is 16.3. The summed E-state index contributed by atoms with van der Waals surface area (Å²) < 4.78 is 0. The molecule has 0 saturated heterocycles. The van der Waals surface area contributed by atoms with Crippen LogP contribution in [0.3, 0.4) is 0 Å². The number of ketones is 1. The van der Waals surface area contributed by atoms with Gasteiger partial charge in [0.15, 0.2) is 5.78 Å². The molecule has 1 aromatic rings. The van der Waals surface area contributed by atoms with Gasteiger partial charge in [0.25, 0.3) is 11.8 Å². The van der Waals surface area contributed by atoms with Crippen molar-refractivity contribution in [1.82, 2.24) is 4.90 Å². The fraction of sp³-hybridized carbons (Fsp3) is 0.308. The van der Waals surface area contributed by atoms with Crippen molar-refractivity contribution in [1.29, 1.82) is 0 Å². The van der Waals surface area contributed by atoms with Gasteiger partial charge >= 0.3 is 0 Å². The van der Waals surface area contributed by atoms with E-state index in [0.717, 1.165) is 4.90 Å². The van der Waals surface area contributed by atoms with Crippen molar-refractivity contribution in [2.45, 2.75) is 18.4 Å². The summed E-state index contributed by atoms with van der Waals surface area (Å²) in [5.41, 5.74) is -0.430. The minimum absolute atomic E-state index is 0.333. The molecule has 2 aliphatic rings. The first kappa shape index (κ1) is 11.1. The van der Waals surface area contributed by atoms with Gasteiger partial charge < -0.3 is 5.11 Å². The number of hydrogen-bond donors (Lipinski definition) is 1. The zero-order chi connectivity index (χ0) is 12.9. The molecule has 0 atom stereocenters. The molecule has 1 aliphatic carbocycles. The van der Waals surface area contributed by atoms with Crippen molar-refractivity contribution in [3.05, 3.63) is 35.4 Å². The molecule has 1 aromatic carbocycles. The van der Waals surface area contributed by atoms with Gasteiger partial charge in [-0.25, -0.2) is 0 Å². The van der Waals surface area contributed by atoms with E-state index in [1.54, 1.807) is 24.3 Å². The molecule has 1 fully saturated rings. The van der Waals surface area contributed by atoms with E-state index in [4.69, 9.17) is 5.11 Å². The highest BCUT2D eigenvalue weighted by molar-refractivity contribution is 6.24. The SMILES string of the molecule is O=C1c2ccccc2C(=O)N1C1(C(=O)CO)CC1. The molecule has 5 heteroatoms. The molecule has 3 rings (SSSR count). The summed E-state index contributed by atoms with van der Waals surface area (Å²) in [4.78, 5) is 37.1. The summed E-state index contributed by atoms with van der Waals surface area (Å²) in [6, 6.07) is 6.52. The average molecular weight is 245 g/mol. The Bertz CT molecular complexity index is 539. The first-order valence-electron chi connectivity index (χ1n) is 5.74. The molecule has 1 saturated carbocycles. The Labute approximate surface area is 103 Å². The number of rotatable bonds is 3. The van der Waals surface area contributed by atoms with Gasteiger partial charge in [-0.3, -0.25) is 19.3 Å². The smallest absolute Gasteiger partial charge is 0.262 e. The van der Waals surface area contributed by atoms with Crippen LogP contribution in [0.2, 0.25) is 0 Å². The van der Waals surface area contributed by atoms with E-state index in [-0.39, 0.29) is 0 Å². The van der Waals surface area contributed by atoms with Gasteiger partial charge in [-0.2, -0.15) is 0 Å². The first-order valence-corrected chi connectivity index (χ1v) is 5.74. The fourth-order valence-corrected chi connectivity index (χ4v) is 2.47. The van der Waals surface area contributed by atoms with Gasteiger partial charge in [-0.05, 0) is 25.0 Å². The predicted molar refractivity (Wildman–Crippen MR) is 61.0 cm³/mol. The maximum Gasteiger partial charge on any atom is 0.262 e. The van der Waals surface area contributed by atoms with Crippen LogP contribution in [0, 0.1) is 0 Å². The summed E-state index contributed by atoms with van der Waals surface area (Å²) in [5.74, 6) is -1.33. The Hall–Kier alpha value is -2.01. The molecule has 0 bridgehead atoms. The van der Waals surface area contributed by atoms with Crippen molar-refractivity contribution in [3.63, 3.8) is 0 Å². The molecule has 0 radical (unpaired) electrons. The third-order valence-electron chi connectivity index (χ3n) is 3.61. The van der Waals surface area contributed by atoms with E-state index >= 15 is 0 Å². The zero-order valence-electron chi connectivity index (χ0n) is 9.55. The maximum atomic E-state index is 12.2. The quantitative estimate of drug-likeness (QED) is 0.781. The number of amides is 2. The van der Waals surface area contributed by atoms with Crippen LogP contribution in [0.4, 0.5) is 0 Å². The van der Waals surface area contributed by atoms with E-state index in [9.17, 15) is 14.4 Å². The van der Waals surface area contributed by atoms with Crippen molar-refractivity contribution in [3.8, 4) is 0 Å². The normalized spacial score (nSPS) is 19.9. The minimum Gasteiger partial charge on any atom is -0.388 e. The number of Topliss-reactive ketones (excluding diaryl/α,β-unsaturated/α-hetero) is 1. The highest BCUT2D eigenvalue weighted by Gasteiger charge is 2.60. The molecule has 1 aliphatic heterocycles. The number of carbonyl (C=O) groups is 3. The summed E-state index contributed by atoms with van der Waals surface area (Å²) in [6.07, 6.45) is 0.885. The molecule has 0 spiro atoms. The molecule has 0 aromatic heterocycles. The third kappa shape index (κ3) is 1.22. The van der Waals surface area contributed by atoms with Gasteiger partial charge in [-0.1, -0.05) is 12.1 Å². The second-order valence-electron chi connectivity index (χ2n) is 4.60. The number of fused-ring (bicyclic) bond motifs is 1. The zero-order valence-corrected chi connectivity index (χ0v) is 9.55. The molecular formula is C13H11NO4. The maximum absolute atomic E-state index is 12.2. The summed E-state index contributed by atoms with van der Waals surface area (Å²) >= 11 is 0. The number of nitrogens with zero attached hydrogens (tertiary/aromatic N) is 1. The highest BCUT2D eigenvalue weighted by Crippen LogP contribution is 2.46. The molecule has 0 unspecified atom stereocenters. The predicted octanol–water partition coefficient (Wildman–Crippen LogP) is 0.377. The van der Waals surface area contributed by atoms with Gasteiger partial charge in [0.1, 0.15) is 12.1 Å². The molecule has 92 valence electrons. The monoisotopic (exact) mass is 245 g/mol. The van der Waals surface area contributed by atoms with E-state index in [1.165, 1.54) is 0 Å². The summed E-state index contributed by atoms with van der Waals surface area (Å²) in [5, 5.41) is 8.96. The van der Waals surface area contributed by atoms with Crippen LogP contribution < -0.4 is 0 Å². The summed E-state index contributed by atoms with van der Waals surface area (Å²) in [7, 11) is 0. The first-order chi connectivity index (χ1) is 8.62. The van der Waals surface area contributed by atoms with Gasteiger partial charge in [0, 0.05) is 0 Å². The largest absolute Gasteiger partial charge is 0.388 e. The number of benzene rings is 1. The number of aliphatic hydroxyl groups is 1. The van der Waals surface area contributed by atoms with Crippen LogP contribution in [0.15, 0.2) is 24.3 Å². The van der Waals surface area contributed by atoms with Gasteiger partial charge in [0.2, 0.25) is 0 Å². The molecule has 5 nitrogen and oxygen atoms in total. The Balaban J connectivity index is 2.06. The van der Waals surface area contributed by atoms with Crippen LogP contribution in [0.5, 0.6) is 0 Å². The Kier molecular flexibility index (Phi) is 2.15. The minimum atomic E-state index is -1.10. The Morgan fingerprint density at radius 3 is 2.06 bits per heavy atom. The second-order valence-corrected chi connectivity index (χ2v) is 4.60. The molecular weight excluding hydrogens is 234 g/mol. The van der Waals surface area contributed by atoms with Crippen LogP contribution in [-0.2, 0) is 4.79 Å². The van der Waals surface area contributed by atoms with E-state index in [1.807, 2.05) is 0 Å². The van der Waals surface area contributed by atoms with Crippen molar-refractivity contribution >= 4 is 17.6 Å². The third-order valence-corrected chi connectivity index (χ3v) is 3.61. The Morgan fingerprint density at radius 1 is 1.17 bits per heavy atom. The number of imide groups is 1. The Morgan fingerprint density at radius 2 is 1.67 bits per heavy atom. The van der Waals surface area contributed by atoms with Crippen molar-refractivity contribution < 1.29 is 19.5 Å². The lowest BCUT2D eigenvalue weighted by atomic mass is 10.1. The molecule has 1 heterocycles. The van der Waals surface area contributed by atoms with Crippen molar-refractivity contribution in [2.24, 2.45) is 0 Å². The summed E-state index contributed by atoms with van der Waals surface area (Å²) in [6.45, 7) is -0.645. The lowest BCUT2D eigenvalue weighted by Gasteiger charge is -2.23. The lowest BCUT2D eigenvalue weighted by Crippen LogP contribution is -2.48. The van der Waals surface area contributed by atoms with Crippen LogP contribution in [0.25, 0.3) is 0 Å². The molecule has 1 N–H and O–H groups in total. The second kappa shape index (κ2) is 3.49.